The monoisotopic (exact) mass is 442 g/mol. The summed E-state index contributed by atoms with van der Waals surface area (Å²) in [5, 5.41) is 3.17. The molecule has 0 aliphatic heterocycles. The van der Waals surface area contributed by atoms with Crippen LogP contribution in [0.5, 0.6) is 0 Å². The number of pyridine rings is 1. The lowest BCUT2D eigenvalue weighted by atomic mass is 10.1. The molecule has 3 aromatic rings. The molecule has 0 aliphatic carbocycles. The normalized spacial score (nSPS) is 12.5. The van der Waals surface area contributed by atoms with Gasteiger partial charge in [0.05, 0.1) is 23.5 Å². The average Bonchev–Trinajstić information content (AvgIpc) is 3.30. The van der Waals surface area contributed by atoms with Crippen LogP contribution in [-0.2, 0) is 16.6 Å². The van der Waals surface area contributed by atoms with Gasteiger partial charge in [-0.25, -0.2) is 12.7 Å². The maximum absolute atomic E-state index is 13.3. The van der Waals surface area contributed by atoms with E-state index in [1.807, 2.05) is 25.1 Å². The lowest BCUT2D eigenvalue weighted by molar-refractivity contribution is 0.0742. The van der Waals surface area contributed by atoms with Gasteiger partial charge in [-0.1, -0.05) is 0 Å². The standard InChI is InChI=1S/C22H26N4O4S/c1-16(18-5-8-23-9-6-18)26(4)22(27)19-11-20(24-14-17-7-10-30-15-17)13-21(12-19)31(28,29)25(2)3/h5-13,15-16,24H,14H2,1-4H3. The van der Waals surface area contributed by atoms with Gasteiger partial charge in [-0.15, -0.1) is 0 Å². The quantitative estimate of drug-likeness (QED) is 0.575. The highest BCUT2D eigenvalue weighted by atomic mass is 32.2. The lowest BCUT2D eigenvalue weighted by Gasteiger charge is -2.26. The molecule has 1 atom stereocenters. The number of furan rings is 1. The molecule has 1 aromatic carbocycles. The number of hydrogen-bond acceptors (Lipinski definition) is 6. The fourth-order valence-corrected chi connectivity index (χ4v) is 4.00. The first-order valence-corrected chi connectivity index (χ1v) is 11.1. The summed E-state index contributed by atoms with van der Waals surface area (Å²) in [5.74, 6) is -0.286. The summed E-state index contributed by atoms with van der Waals surface area (Å²) in [6.07, 6.45) is 6.51. The Hall–Kier alpha value is -3.17. The first kappa shape index (κ1) is 22.5. The van der Waals surface area contributed by atoms with E-state index in [9.17, 15) is 13.2 Å². The fraction of sp³-hybridized carbons (Fsp3) is 0.273. The molecule has 31 heavy (non-hydrogen) atoms. The van der Waals surface area contributed by atoms with Gasteiger partial charge in [0.15, 0.2) is 0 Å². The van der Waals surface area contributed by atoms with Crippen molar-refractivity contribution in [2.45, 2.75) is 24.4 Å². The molecule has 1 amide bonds. The van der Waals surface area contributed by atoms with E-state index in [-0.39, 0.29) is 22.4 Å². The number of sulfonamides is 1. The van der Waals surface area contributed by atoms with Crippen molar-refractivity contribution < 1.29 is 17.6 Å². The van der Waals surface area contributed by atoms with E-state index in [0.29, 0.717) is 12.2 Å². The molecule has 0 aliphatic rings. The number of anilines is 1. The molecular weight excluding hydrogens is 416 g/mol. The Morgan fingerprint density at radius 2 is 1.84 bits per heavy atom. The van der Waals surface area contributed by atoms with Crippen LogP contribution in [0.4, 0.5) is 5.69 Å². The van der Waals surface area contributed by atoms with E-state index in [1.54, 1.807) is 42.9 Å². The second-order valence-electron chi connectivity index (χ2n) is 7.39. The summed E-state index contributed by atoms with van der Waals surface area (Å²) in [4.78, 5) is 18.9. The largest absolute Gasteiger partial charge is 0.472 e. The van der Waals surface area contributed by atoms with E-state index in [4.69, 9.17) is 4.42 Å². The summed E-state index contributed by atoms with van der Waals surface area (Å²) in [6.45, 7) is 2.34. The van der Waals surface area contributed by atoms with Gasteiger partial charge in [-0.05, 0) is 48.9 Å². The summed E-state index contributed by atoms with van der Waals surface area (Å²) in [5.41, 5.74) is 2.64. The fourth-order valence-electron chi connectivity index (χ4n) is 3.03. The summed E-state index contributed by atoms with van der Waals surface area (Å²) in [6, 6.07) is 9.89. The second-order valence-corrected chi connectivity index (χ2v) is 9.54. The zero-order valence-electron chi connectivity index (χ0n) is 17.9. The van der Waals surface area contributed by atoms with E-state index in [1.165, 1.54) is 26.2 Å². The maximum atomic E-state index is 13.3. The highest BCUT2D eigenvalue weighted by Crippen LogP contribution is 2.25. The summed E-state index contributed by atoms with van der Waals surface area (Å²) in [7, 11) is 0.880. The minimum Gasteiger partial charge on any atom is -0.472 e. The molecule has 3 rings (SSSR count). The first-order chi connectivity index (χ1) is 14.7. The van der Waals surface area contributed by atoms with Gasteiger partial charge in [-0.2, -0.15) is 0 Å². The van der Waals surface area contributed by atoms with Crippen LogP contribution in [0, 0.1) is 0 Å². The zero-order valence-corrected chi connectivity index (χ0v) is 18.8. The first-order valence-electron chi connectivity index (χ1n) is 9.70. The number of amides is 1. The SMILES string of the molecule is CC(c1ccncc1)N(C)C(=O)c1cc(NCc2ccoc2)cc(S(=O)(=O)N(C)C)c1. The van der Waals surface area contributed by atoms with Gasteiger partial charge in [0.2, 0.25) is 10.0 Å². The Bertz CT molecular complexity index is 1130. The molecule has 2 aromatic heterocycles. The van der Waals surface area contributed by atoms with Crippen molar-refractivity contribution in [3.05, 3.63) is 78.0 Å². The minimum atomic E-state index is -3.73. The van der Waals surface area contributed by atoms with Gasteiger partial charge < -0.3 is 14.6 Å². The van der Waals surface area contributed by atoms with Gasteiger partial charge >= 0.3 is 0 Å². The van der Waals surface area contributed by atoms with E-state index in [2.05, 4.69) is 10.3 Å². The number of carbonyl (C=O) groups excluding carboxylic acids is 1. The highest BCUT2D eigenvalue weighted by molar-refractivity contribution is 7.89. The van der Waals surface area contributed by atoms with Crippen LogP contribution >= 0.6 is 0 Å². The second kappa shape index (κ2) is 9.32. The third-order valence-electron chi connectivity index (χ3n) is 5.10. The molecule has 1 unspecified atom stereocenters. The van der Waals surface area contributed by atoms with Crippen LogP contribution in [0.15, 0.2) is 70.6 Å². The number of benzene rings is 1. The number of rotatable bonds is 8. The van der Waals surface area contributed by atoms with Gasteiger partial charge in [0.1, 0.15) is 0 Å². The average molecular weight is 443 g/mol. The predicted octanol–water partition coefficient (Wildman–Crippen LogP) is 3.37. The number of carbonyl (C=O) groups is 1. The Morgan fingerprint density at radius 1 is 1.13 bits per heavy atom. The number of nitrogens with zero attached hydrogens (tertiary/aromatic N) is 3. The van der Waals surface area contributed by atoms with E-state index < -0.39 is 10.0 Å². The number of nitrogens with one attached hydrogen (secondary N) is 1. The van der Waals surface area contributed by atoms with Crippen molar-refractivity contribution in [1.29, 1.82) is 0 Å². The molecule has 0 fully saturated rings. The molecule has 0 radical (unpaired) electrons. The van der Waals surface area contributed by atoms with Crippen LogP contribution in [0.2, 0.25) is 0 Å². The molecule has 0 bridgehead atoms. The minimum absolute atomic E-state index is 0.0445. The molecule has 9 heteroatoms. The van der Waals surface area contributed by atoms with Crippen molar-refractivity contribution in [1.82, 2.24) is 14.2 Å². The molecule has 164 valence electrons. The maximum Gasteiger partial charge on any atom is 0.254 e. The summed E-state index contributed by atoms with van der Waals surface area (Å²) >= 11 is 0. The van der Waals surface area contributed by atoms with E-state index in [0.717, 1.165) is 15.4 Å². The molecule has 8 nitrogen and oxygen atoms in total. The van der Waals surface area contributed by atoms with Crippen molar-refractivity contribution >= 4 is 21.6 Å². The third-order valence-corrected chi connectivity index (χ3v) is 6.89. The summed E-state index contributed by atoms with van der Waals surface area (Å²) < 4.78 is 31.7. The Labute approximate surface area is 182 Å². The van der Waals surface area contributed by atoms with Gasteiger partial charge in [0, 0.05) is 56.9 Å². The Morgan fingerprint density at radius 3 is 2.45 bits per heavy atom. The molecule has 0 spiro atoms. The zero-order chi connectivity index (χ0) is 22.6. The Kier molecular flexibility index (Phi) is 6.77. The van der Waals surface area contributed by atoms with Crippen LogP contribution in [0.25, 0.3) is 0 Å². The van der Waals surface area contributed by atoms with Crippen molar-refractivity contribution in [3.8, 4) is 0 Å². The predicted molar refractivity (Wildman–Crippen MR) is 118 cm³/mol. The topological polar surface area (TPSA) is 95.7 Å². The third kappa shape index (κ3) is 5.12. The molecule has 1 N–H and O–H groups in total. The van der Waals surface area contributed by atoms with Crippen LogP contribution < -0.4 is 5.32 Å². The molecule has 0 saturated heterocycles. The number of aromatic nitrogens is 1. The van der Waals surface area contributed by atoms with Gasteiger partial charge in [0.25, 0.3) is 5.91 Å². The smallest absolute Gasteiger partial charge is 0.254 e. The van der Waals surface area contributed by atoms with Crippen LogP contribution in [-0.4, -0.2) is 49.7 Å². The Balaban J connectivity index is 1.95. The van der Waals surface area contributed by atoms with Crippen LogP contribution in [0.3, 0.4) is 0 Å². The molecule has 0 saturated carbocycles. The molecular formula is C22H26N4O4S. The van der Waals surface area contributed by atoms with Crippen molar-refractivity contribution in [3.63, 3.8) is 0 Å². The van der Waals surface area contributed by atoms with Crippen molar-refractivity contribution in [2.24, 2.45) is 0 Å². The lowest BCUT2D eigenvalue weighted by Crippen LogP contribution is -2.30. The van der Waals surface area contributed by atoms with Crippen LogP contribution in [0.1, 0.15) is 34.5 Å². The van der Waals surface area contributed by atoms with Crippen molar-refractivity contribution in [2.75, 3.05) is 26.5 Å². The van der Waals surface area contributed by atoms with E-state index >= 15 is 0 Å². The number of hydrogen-bond donors (Lipinski definition) is 1. The van der Waals surface area contributed by atoms with Gasteiger partial charge in [-0.3, -0.25) is 9.78 Å². The highest BCUT2D eigenvalue weighted by Gasteiger charge is 2.24. The molecule has 2 heterocycles.